The van der Waals surface area contributed by atoms with Gasteiger partial charge in [0.2, 0.25) is 0 Å². The van der Waals surface area contributed by atoms with Crippen LogP contribution in [0.15, 0.2) is 0 Å². The Kier molecular flexibility index (Phi) is 5.62. The molecule has 1 saturated heterocycles. The van der Waals surface area contributed by atoms with Crippen LogP contribution in [0.4, 0.5) is 0 Å². The van der Waals surface area contributed by atoms with Gasteiger partial charge in [-0.15, -0.1) is 0 Å². The average Bonchev–Trinajstić information content (AvgIpc) is 2.16. The number of nitrogens with zero attached hydrogens (tertiary/aromatic N) is 1. The zero-order chi connectivity index (χ0) is 11.1. The van der Waals surface area contributed by atoms with Gasteiger partial charge in [-0.1, -0.05) is 26.7 Å². The Hall–Kier alpha value is -0.0800. The van der Waals surface area contributed by atoms with Gasteiger partial charge in [0.25, 0.3) is 0 Å². The molecule has 0 bridgehead atoms. The number of hydrogen-bond donors (Lipinski definition) is 1. The summed E-state index contributed by atoms with van der Waals surface area (Å²) in [7, 11) is 0. The van der Waals surface area contributed by atoms with Crippen LogP contribution in [-0.2, 0) is 0 Å². The fraction of sp³-hybridized carbons (Fsp3) is 1.00. The van der Waals surface area contributed by atoms with Gasteiger partial charge in [0.1, 0.15) is 0 Å². The van der Waals surface area contributed by atoms with Gasteiger partial charge in [-0.25, -0.2) is 0 Å². The predicted octanol–water partition coefficient (Wildman–Crippen LogP) is 2.66. The lowest BCUT2D eigenvalue weighted by atomic mass is 9.72. The fourth-order valence-electron chi connectivity index (χ4n) is 3.01. The molecule has 0 saturated carbocycles. The van der Waals surface area contributed by atoms with E-state index >= 15 is 0 Å². The lowest BCUT2D eigenvalue weighted by Gasteiger charge is -2.51. The van der Waals surface area contributed by atoms with Crippen molar-refractivity contribution >= 4 is 0 Å². The largest absolute Gasteiger partial charge is 0.396 e. The van der Waals surface area contributed by atoms with Gasteiger partial charge in [-0.05, 0) is 37.6 Å². The zero-order valence-corrected chi connectivity index (χ0v) is 10.5. The fourth-order valence-corrected chi connectivity index (χ4v) is 3.01. The van der Waals surface area contributed by atoms with E-state index in [0.717, 1.165) is 12.8 Å². The molecule has 1 aliphatic heterocycles. The van der Waals surface area contributed by atoms with E-state index in [0.29, 0.717) is 12.0 Å². The highest BCUT2D eigenvalue weighted by molar-refractivity contribution is 4.93. The van der Waals surface area contributed by atoms with E-state index in [-0.39, 0.29) is 0 Å². The maximum Gasteiger partial charge on any atom is 0.0431 e. The molecular weight excluding hydrogens is 186 g/mol. The number of aliphatic hydroxyl groups excluding tert-OH is 1. The Morgan fingerprint density at radius 2 is 1.67 bits per heavy atom. The maximum atomic E-state index is 8.72. The molecule has 0 amide bonds. The lowest BCUT2D eigenvalue weighted by Crippen LogP contribution is -2.56. The molecule has 2 heteroatoms. The first-order chi connectivity index (χ1) is 7.26. The molecule has 0 spiro atoms. The number of rotatable bonds is 8. The molecule has 0 aromatic carbocycles. The van der Waals surface area contributed by atoms with E-state index in [1.807, 2.05) is 0 Å². The second kappa shape index (κ2) is 6.49. The van der Waals surface area contributed by atoms with Gasteiger partial charge < -0.3 is 10.0 Å². The van der Waals surface area contributed by atoms with Crippen molar-refractivity contribution in [2.24, 2.45) is 5.41 Å². The van der Waals surface area contributed by atoms with Crippen LogP contribution in [-0.4, -0.2) is 36.2 Å². The normalized spacial score (nSPS) is 20.2. The molecule has 0 aromatic rings. The first-order valence-corrected chi connectivity index (χ1v) is 6.59. The van der Waals surface area contributed by atoms with E-state index in [1.165, 1.54) is 45.3 Å². The monoisotopic (exact) mass is 213 g/mol. The summed E-state index contributed by atoms with van der Waals surface area (Å²) in [6.45, 7) is 8.75. The third kappa shape index (κ3) is 3.76. The second-order valence-corrected chi connectivity index (χ2v) is 5.14. The molecule has 0 aromatic heterocycles. The smallest absolute Gasteiger partial charge is 0.0431 e. The van der Waals surface area contributed by atoms with Crippen LogP contribution in [0.3, 0.4) is 0 Å². The Morgan fingerprint density at radius 3 is 2.13 bits per heavy atom. The quantitative estimate of drug-likeness (QED) is 0.627. The summed E-state index contributed by atoms with van der Waals surface area (Å²) < 4.78 is 0. The number of aliphatic hydroxyl groups is 1. The van der Waals surface area contributed by atoms with Gasteiger partial charge in [0.05, 0.1) is 0 Å². The molecule has 1 heterocycles. The van der Waals surface area contributed by atoms with Crippen LogP contribution < -0.4 is 0 Å². The highest BCUT2D eigenvalue weighted by atomic mass is 16.2. The van der Waals surface area contributed by atoms with Crippen molar-refractivity contribution in [1.29, 1.82) is 0 Å². The third-order valence-corrected chi connectivity index (χ3v) is 3.56. The Labute approximate surface area is 94.7 Å². The van der Waals surface area contributed by atoms with Crippen LogP contribution in [0.25, 0.3) is 0 Å². The molecule has 0 aliphatic carbocycles. The molecule has 0 radical (unpaired) electrons. The average molecular weight is 213 g/mol. The first kappa shape index (κ1) is 13.0. The molecule has 2 nitrogen and oxygen atoms in total. The van der Waals surface area contributed by atoms with Crippen LogP contribution in [0, 0.1) is 5.41 Å². The van der Waals surface area contributed by atoms with E-state index < -0.39 is 0 Å². The molecule has 0 unspecified atom stereocenters. The molecule has 1 rings (SSSR count). The summed E-state index contributed by atoms with van der Waals surface area (Å²) in [6.07, 6.45) is 7.57. The van der Waals surface area contributed by atoms with Crippen molar-refractivity contribution in [1.82, 2.24) is 4.90 Å². The minimum absolute atomic E-state index is 0.350. The maximum absolute atomic E-state index is 8.72. The van der Waals surface area contributed by atoms with Crippen molar-refractivity contribution in [3.8, 4) is 0 Å². The SMILES string of the molecule is CCCC1(CCC)CN(CCCCO)C1. The van der Waals surface area contributed by atoms with Crippen molar-refractivity contribution in [2.45, 2.75) is 52.4 Å². The minimum Gasteiger partial charge on any atom is -0.396 e. The second-order valence-electron chi connectivity index (χ2n) is 5.14. The zero-order valence-electron chi connectivity index (χ0n) is 10.5. The third-order valence-electron chi connectivity index (χ3n) is 3.56. The van der Waals surface area contributed by atoms with Crippen molar-refractivity contribution < 1.29 is 5.11 Å². The standard InChI is InChI=1S/C13H27NO/c1-3-7-13(8-4-2)11-14(12-13)9-5-6-10-15/h15H,3-12H2,1-2H3. The summed E-state index contributed by atoms with van der Waals surface area (Å²) in [6, 6.07) is 0. The van der Waals surface area contributed by atoms with Crippen LogP contribution in [0.5, 0.6) is 0 Å². The predicted molar refractivity (Wildman–Crippen MR) is 65.0 cm³/mol. The molecule has 15 heavy (non-hydrogen) atoms. The molecule has 1 N–H and O–H groups in total. The van der Waals surface area contributed by atoms with Gasteiger partial charge in [0, 0.05) is 19.7 Å². The van der Waals surface area contributed by atoms with Gasteiger partial charge in [-0.2, -0.15) is 0 Å². The van der Waals surface area contributed by atoms with Gasteiger partial charge in [0.15, 0.2) is 0 Å². The van der Waals surface area contributed by atoms with E-state index in [4.69, 9.17) is 5.11 Å². The van der Waals surface area contributed by atoms with E-state index in [2.05, 4.69) is 18.7 Å². The van der Waals surface area contributed by atoms with Crippen LogP contribution >= 0.6 is 0 Å². The Bertz CT molecular complexity index is 156. The summed E-state index contributed by atoms with van der Waals surface area (Å²) in [5.41, 5.74) is 0.655. The summed E-state index contributed by atoms with van der Waals surface area (Å²) in [5.74, 6) is 0. The Morgan fingerprint density at radius 1 is 1.07 bits per heavy atom. The minimum atomic E-state index is 0.350. The molecule has 90 valence electrons. The summed E-state index contributed by atoms with van der Waals surface area (Å²) >= 11 is 0. The summed E-state index contributed by atoms with van der Waals surface area (Å²) in [5, 5.41) is 8.72. The number of hydrogen-bond acceptors (Lipinski definition) is 2. The molecule has 1 aliphatic rings. The summed E-state index contributed by atoms with van der Waals surface area (Å²) in [4.78, 5) is 2.56. The molecule has 1 fully saturated rings. The highest BCUT2D eigenvalue weighted by Gasteiger charge is 2.40. The van der Waals surface area contributed by atoms with E-state index in [1.54, 1.807) is 0 Å². The Balaban J connectivity index is 2.18. The number of unbranched alkanes of at least 4 members (excludes halogenated alkanes) is 1. The van der Waals surface area contributed by atoms with Crippen LogP contribution in [0.2, 0.25) is 0 Å². The first-order valence-electron chi connectivity index (χ1n) is 6.59. The molecule has 0 atom stereocenters. The van der Waals surface area contributed by atoms with Gasteiger partial charge in [-0.3, -0.25) is 0 Å². The van der Waals surface area contributed by atoms with Crippen LogP contribution in [0.1, 0.15) is 52.4 Å². The van der Waals surface area contributed by atoms with Crippen molar-refractivity contribution in [2.75, 3.05) is 26.2 Å². The highest BCUT2D eigenvalue weighted by Crippen LogP contribution is 2.39. The van der Waals surface area contributed by atoms with Gasteiger partial charge >= 0.3 is 0 Å². The number of likely N-dealkylation sites (tertiary alicyclic amines) is 1. The molecular formula is C13H27NO. The van der Waals surface area contributed by atoms with E-state index in [9.17, 15) is 0 Å². The van der Waals surface area contributed by atoms with Crippen molar-refractivity contribution in [3.05, 3.63) is 0 Å². The topological polar surface area (TPSA) is 23.5 Å². The van der Waals surface area contributed by atoms with Crippen molar-refractivity contribution in [3.63, 3.8) is 0 Å². The lowest BCUT2D eigenvalue weighted by molar-refractivity contribution is -0.0156.